The summed E-state index contributed by atoms with van der Waals surface area (Å²) in [5.41, 5.74) is 8.78. The second-order valence-corrected chi connectivity index (χ2v) is 10.3. The Balaban J connectivity index is 1.61. The molecule has 0 radical (unpaired) electrons. The quantitative estimate of drug-likeness (QED) is 0.300. The molecule has 1 aliphatic heterocycles. The maximum atomic E-state index is 6.76. The van der Waals surface area contributed by atoms with Crippen LogP contribution in [0.25, 0.3) is 33.2 Å². The van der Waals surface area contributed by atoms with Crippen LogP contribution in [0, 0.1) is 20.8 Å². The number of aromatic nitrogens is 1. The summed E-state index contributed by atoms with van der Waals surface area (Å²) >= 11 is 6.76. The van der Waals surface area contributed by atoms with Crippen molar-refractivity contribution in [1.82, 2.24) is 10.3 Å². The number of rotatable bonds is 6. The number of benzene rings is 3. The van der Waals surface area contributed by atoms with Gasteiger partial charge in [-0.1, -0.05) is 77.2 Å². The zero-order chi connectivity index (χ0) is 24.4. The van der Waals surface area contributed by atoms with Crippen LogP contribution in [0.2, 0.25) is 5.02 Å². The van der Waals surface area contributed by atoms with Gasteiger partial charge in [0, 0.05) is 28.8 Å². The van der Waals surface area contributed by atoms with Crippen molar-refractivity contribution in [2.24, 2.45) is 0 Å². The number of pyridine rings is 1. The molecule has 2 heterocycles. The second-order valence-electron chi connectivity index (χ2n) is 9.88. The number of hydrogen-bond donors (Lipinski definition) is 1. The fourth-order valence-corrected chi connectivity index (χ4v) is 5.46. The molecule has 1 atom stereocenters. The molecule has 1 N–H and O–H groups in total. The monoisotopic (exact) mass is 484 g/mol. The van der Waals surface area contributed by atoms with Gasteiger partial charge in [0.25, 0.3) is 0 Å². The van der Waals surface area contributed by atoms with Gasteiger partial charge in [0.2, 0.25) is 0 Å². The summed E-state index contributed by atoms with van der Waals surface area (Å²) in [6.07, 6.45) is 6.72. The number of ether oxygens (including phenoxy) is 1. The van der Waals surface area contributed by atoms with Gasteiger partial charge >= 0.3 is 0 Å². The molecular weight excluding hydrogens is 452 g/mol. The van der Waals surface area contributed by atoms with Crippen molar-refractivity contribution in [3.05, 3.63) is 82.5 Å². The van der Waals surface area contributed by atoms with Crippen LogP contribution in [0.3, 0.4) is 0 Å². The highest BCUT2D eigenvalue weighted by Crippen LogP contribution is 2.41. The maximum absolute atomic E-state index is 6.76. The van der Waals surface area contributed by atoms with E-state index in [2.05, 4.69) is 74.6 Å². The summed E-state index contributed by atoms with van der Waals surface area (Å²) in [5, 5.41) is 5.34. The van der Waals surface area contributed by atoms with Gasteiger partial charge in [-0.3, -0.25) is 4.98 Å². The largest absolute Gasteiger partial charge is 0.492 e. The van der Waals surface area contributed by atoms with E-state index in [1.165, 1.54) is 36.0 Å². The summed E-state index contributed by atoms with van der Waals surface area (Å²) < 4.78 is 6.62. The third-order valence-corrected chi connectivity index (χ3v) is 7.21. The summed E-state index contributed by atoms with van der Waals surface area (Å²) in [7, 11) is 0. The molecule has 1 fully saturated rings. The summed E-state index contributed by atoms with van der Waals surface area (Å²) in [6, 6.07) is 19.7. The van der Waals surface area contributed by atoms with Gasteiger partial charge in [0.1, 0.15) is 5.75 Å². The lowest BCUT2D eigenvalue weighted by Crippen LogP contribution is -2.35. The Bertz CT molecular complexity index is 1340. The van der Waals surface area contributed by atoms with Crippen LogP contribution in [0.5, 0.6) is 5.75 Å². The van der Waals surface area contributed by atoms with Gasteiger partial charge in [0.15, 0.2) is 0 Å². The van der Waals surface area contributed by atoms with Crippen LogP contribution < -0.4 is 10.1 Å². The number of piperidine rings is 1. The topological polar surface area (TPSA) is 34.1 Å². The number of nitrogens with zero attached hydrogens (tertiary/aromatic N) is 1. The van der Waals surface area contributed by atoms with E-state index < -0.39 is 0 Å². The predicted molar refractivity (Wildman–Crippen MR) is 148 cm³/mol. The Morgan fingerprint density at radius 1 is 0.914 bits per heavy atom. The van der Waals surface area contributed by atoms with Crippen LogP contribution in [-0.2, 0) is 0 Å². The Labute approximate surface area is 213 Å². The van der Waals surface area contributed by atoms with Gasteiger partial charge in [0.05, 0.1) is 17.1 Å². The van der Waals surface area contributed by atoms with Crippen molar-refractivity contribution in [3.8, 4) is 28.0 Å². The third kappa shape index (κ3) is 5.37. The number of hydrogen-bond acceptors (Lipinski definition) is 3. The summed E-state index contributed by atoms with van der Waals surface area (Å²) in [5.74, 6) is 0.890. The predicted octanol–water partition coefficient (Wildman–Crippen LogP) is 8.06. The number of nitrogens with one attached hydrogen (secondary N) is 1. The molecule has 4 aromatic rings. The molecule has 1 unspecified atom stereocenters. The molecule has 0 amide bonds. The summed E-state index contributed by atoms with van der Waals surface area (Å²) in [6.45, 7) is 8.14. The minimum Gasteiger partial charge on any atom is -0.492 e. The van der Waals surface area contributed by atoms with Crippen LogP contribution in [-0.4, -0.2) is 24.2 Å². The highest BCUT2D eigenvalue weighted by atomic mass is 35.5. The van der Waals surface area contributed by atoms with Crippen molar-refractivity contribution in [1.29, 1.82) is 0 Å². The first-order valence-electron chi connectivity index (χ1n) is 12.6. The van der Waals surface area contributed by atoms with E-state index in [0.717, 1.165) is 51.9 Å². The average molecular weight is 485 g/mol. The zero-order valence-electron chi connectivity index (χ0n) is 20.8. The average Bonchev–Trinajstić information content (AvgIpc) is 2.83. The van der Waals surface area contributed by atoms with Crippen LogP contribution in [0.4, 0.5) is 0 Å². The second kappa shape index (κ2) is 10.4. The fourth-order valence-electron chi connectivity index (χ4n) is 5.19. The SMILES string of the molecule is Cc1cccc(-c2cc3c(OCCC4CCCCN4)c(-c4cc(C)cc(C)c4)cnc3cc2Cl)c1. The van der Waals surface area contributed by atoms with E-state index in [0.29, 0.717) is 17.7 Å². The highest BCUT2D eigenvalue weighted by Gasteiger charge is 2.18. The van der Waals surface area contributed by atoms with Gasteiger partial charge in [-0.25, -0.2) is 0 Å². The van der Waals surface area contributed by atoms with E-state index in [1.54, 1.807) is 0 Å². The molecule has 35 heavy (non-hydrogen) atoms. The zero-order valence-corrected chi connectivity index (χ0v) is 21.6. The Morgan fingerprint density at radius 3 is 2.46 bits per heavy atom. The first kappa shape index (κ1) is 23.8. The number of fused-ring (bicyclic) bond motifs is 1. The number of halogens is 1. The van der Waals surface area contributed by atoms with Gasteiger partial charge in [-0.05, 0) is 69.8 Å². The minimum absolute atomic E-state index is 0.527. The Hall–Kier alpha value is -2.88. The lowest BCUT2D eigenvalue weighted by molar-refractivity contribution is 0.271. The Kier molecular flexibility index (Phi) is 7.08. The first-order valence-corrected chi connectivity index (χ1v) is 13.0. The van der Waals surface area contributed by atoms with E-state index in [-0.39, 0.29) is 0 Å². The van der Waals surface area contributed by atoms with Gasteiger partial charge in [-0.2, -0.15) is 0 Å². The van der Waals surface area contributed by atoms with Crippen molar-refractivity contribution >= 4 is 22.5 Å². The fraction of sp³-hybridized carbons (Fsp3) is 0.323. The molecule has 1 aliphatic rings. The molecule has 1 saturated heterocycles. The van der Waals surface area contributed by atoms with Crippen molar-refractivity contribution in [3.63, 3.8) is 0 Å². The standard InChI is InChI=1S/C31H33ClN2O/c1-20-7-6-8-23(14-20)26-17-27-30(18-29(26)32)34-19-28(24-15-21(2)13-22(3)16-24)31(27)35-12-10-25-9-4-5-11-33-25/h6-8,13-19,25,33H,4-5,9-12H2,1-3H3. The van der Waals surface area contributed by atoms with Gasteiger partial charge in [-0.15, -0.1) is 0 Å². The molecule has 0 aliphatic carbocycles. The van der Waals surface area contributed by atoms with E-state index in [9.17, 15) is 0 Å². The molecule has 0 spiro atoms. The summed E-state index contributed by atoms with van der Waals surface area (Å²) in [4.78, 5) is 4.81. The Morgan fingerprint density at radius 2 is 1.71 bits per heavy atom. The van der Waals surface area contributed by atoms with Crippen molar-refractivity contribution in [2.75, 3.05) is 13.2 Å². The first-order chi connectivity index (χ1) is 17.0. The lowest BCUT2D eigenvalue weighted by Gasteiger charge is -2.24. The van der Waals surface area contributed by atoms with E-state index in [1.807, 2.05) is 12.3 Å². The normalized spacial score (nSPS) is 15.9. The van der Waals surface area contributed by atoms with Crippen LogP contribution >= 0.6 is 11.6 Å². The molecule has 0 bridgehead atoms. The third-order valence-electron chi connectivity index (χ3n) is 6.89. The van der Waals surface area contributed by atoms with Crippen molar-refractivity contribution < 1.29 is 4.74 Å². The lowest BCUT2D eigenvalue weighted by atomic mass is 9.97. The molecule has 5 rings (SSSR count). The molecule has 3 nitrogen and oxygen atoms in total. The van der Waals surface area contributed by atoms with Gasteiger partial charge < -0.3 is 10.1 Å². The maximum Gasteiger partial charge on any atom is 0.138 e. The molecule has 0 saturated carbocycles. The van der Waals surface area contributed by atoms with Crippen molar-refractivity contribution in [2.45, 2.75) is 52.5 Å². The van der Waals surface area contributed by atoms with Crippen LogP contribution in [0.15, 0.2) is 60.8 Å². The molecule has 180 valence electrons. The molecule has 3 aromatic carbocycles. The minimum atomic E-state index is 0.527. The molecule has 1 aromatic heterocycles. The van der Waals surface area contributed by atoms with E-state index >= 15 is 0 Å². The molecular formula is C31H33ClN2O. The smallest absolute Gasteiger partial charge is 0.138 e. The number of aryl methyl sites for hydroxylation is 3. The van der Waals surface area contributed by atoms with Crippen LogP contribution in [0.1, 0.15) is 42.4 Å². The highest BCUT2D eigenvalue weighted by molar-refractivity contribution is 6.34. The molecule has 4 heteroatoms. The van der Waals surface area contributed by atoms with E-state index in [4.69, 9.17) is 21.3 Å².